The molecule has 0 aromatic carbocycles. The van der Waals surface area contributed by atoms with E-state index < -0.39 is 0 Å². The van der Waals surface area contributed by atoms with Gasteiger partial charge in [-0.25, -0.2) is 4.98 Å². The Labute approximate surface area is 87.7 Å². The molecule has 4 nitrogen and oxygen atoms in total. The maximum absolute atomic E-state index is 5.72. The van der Waals surface area contributed by atoms with E-state index in [1.165, 1.54) is 0 Å². The zero-order valence-corrected chi connectivity index (χ0v) is 8.50. The summed E-state index contributed by atoms with van der Waals surface area (Å²) in [5.41, 5.74) is 0. The van der Waals surface area contributed by atoms with Gasteiger partial charge in [-0.05, 0) is 25.5 Å². The quantitative estimate of drug-likeness (QED) is 0.752. The van der Waals surface area contributed by atoms with Gasteiger partial charge in [0.2, 0.25) is 0 Å². The van der Waals surface area contributed by atoms with Gasteiger partial charge in [-0.1, -0.05) is 11.6 Å². The summed E-state index contributed by atoms with van der Waals surface area (Å²) in [5.74, 6) is 0. The molecule has 1 aromatic heterocycles. The summed E-state index contributed by atoms with van der Waals surface area (Å²) < 4.78 is 5.57. The van der Waals surface area contributed by atoms with Gasteiger partial charge >= 0.3 is 6.01 Å². The van der Waals surface area contributed by atoms with Crippen LogP contribution < -0.4 is 10.1 Å². The summed E-state index contributed by atoms with van der Waals surface area (Å²) in [6, 6.07) is 2.00. The van der Waals surface area contributed by atoms with Crippen LogP contribution in [0.1, 0.15) is 12.8 Å². The number of nitrogens with one attached hydrogen (secondary N) is 1. The van der Waals surface area contributed by atoms with Crippen LogP contribution >= 0.6 is 11.6 Å². The molecule has 2 rings (SSSR count). The van der Waals surface area contributed by atoms with E-state index in [0.717, 1.165) is 25.9 Å². The number of ether oxygens (including phenoxy) is 1. The summed E-state index contributed by atoms with van der Waals surface area (Å²) in [4.78, 5) is 7.96. The highest BCUT2D eigenvalue weighted by Gasteiger charge is 2.15. The molecule has 0 unspecified atom stereocenters. The maximum atomic E-state index is 5.72. The Morgan fingerprint density at radius 3 is 3.21 bits per heavy atom. The van der Waals surface area contributed by atoms with Crippen molar-refractivity contribution in [1.29, 1.82) is 0 Å². The zero-order chi connectivity index (χ0) is 9.80. The number of nitrogens with zero attached hydrogens (tertiary/aromatic N) is 2. The van der Waals surface area contributed by atoms with Crippen molar-refractivity contribution in [3.05, 3.63) is 17.4 Å². The minimum absolute atomic E-state index is 0.169. The molecule has 14 heavy (non-hydrogen) atoms. The van der Waals surface area contributed by atoms with E-state index in [1.54, 1.807) is 12.3 Å². The van der Waals surface area contributed by atoms with Gasteiger partial charge < -0.3 is 10.1 Å². The summed E-state index contributed by atoms with van der Waals surface area (Å²) in [5, 5.41) is 3.67. The highest BCUT2D eigenvalue weighted by molar-refractivity contribution is 6.29. The first-order valence-electron chi connectivity index (χ1n) is 4.70. The van der Waals surface area contributed by atoms with Crippen LogP contribution in [0.15, 0.2) is 12.3 Å². The average Bonchev–Trinajstić information content (AvgIpc) is 2.19. The molecule has 0 saturated carbocycles. The highest BCUT2D eigenvalue weighted by Crippen LogP contribution is 2.12. The lowest BCUT2D eigenvalue weighted by Gasteiger charge is -2.22. The van der Waals surface area contributed by atoms with Gasteiger partial charge in [0, 0.05) is 12.7 Å². The molecule has 0 radical (unpaired) electrons. The Morgan fingerprint density at radius 1 is 1.57 bits per heavy atom. The topological polar surface area (TPSA) is 47.0 Å². The van der Waals surface area contributed by atoms with Crippen LogP contribution in [0.2, 0.25) is 5.15 Å². The highest BCUT2D eigenvalue weighted by atomic mass is 35.5. The minimum atomic E-state index is 0.169. The normalized spacial score (nSPS) is 21.9. The third-order valence-electron chi connectivity index (χ3n) is 2.12. The van der Waals surface area contributed by atoms with Gasteiger partial charge in [-0.3, -0.25) is 0 Å². The Morgan fingerprint density at radius 2 is 2.50 bits per heavy atom. The van der Waals surface area contributed by atoms with Crippen LogP contribution in [0, 0.1) is 0 Å². The number of halogens is 1. The first-order valence-corrected chi connectivity index (χ1v) is 5.08. The molecular formula is C9H12ClN3O. The molecule has 1 aliphatic rings. The van der Waals surface area contributed by atoms with Crippen LogP contribution in [0.5, 0.6) is 6.01 Å². The van der Waals surface area contributed by atoms with Crippen LogP contribution in [-0.2, 0) is 0 Å². The molecule has 1 fully saturated rings. The Hall–Kier alpha value is -0.870. The standard InChI is InChI=1S/C9H12ClN3O/c10-8-3-5-12-9(13-8)14-7-2-1-4-11-6-7/h3,5,7,11H,1-2,4,6H2/t7-/m1/s1. The fourth-order valence-corrected chi connectivity index (χ4v) is 1.57. The Balaban J connectivity index is 1.95. The third kappa shape index (κ3) is 2.56. The van der Waals surface area contributed by atoms with Crippen LogP contribution in [-0.4, -0.2) is 29.2 Å². The molecule has 1 aliphatic heterocycles. The lowest BCUT2D eigenvalue weighted by atomic mass is 10.1. The number of hydrogen-bond acceptors (Lipinski definition) is 4. The smallest absolute Gasteiger partial charge is 0.318 e. The van der Waals surface area contributed by atoms with E-state index in [1.807, 2.05) is 0 Å². The molecule has 2 heterocycles. The van der Waals surface area contributed by atoms with E-state index in [2.05, 4.69) is 15.3 Å². The van der Waals surface area contributed by atoms with Gasteiger partial charge in [0.25, 0.3) is 0 Å². The van der Waals surface area contributed by atoms with Crippen molar-refractivity contribution in [2.75, 3.05) is 13.1 Å². The zero-order valence-electron chi connectivity index (χ0n) is 7.74. The number of hydrogen-bond donors (Lipinski definition) is 1. The van der Waals surface area contributed by atoms with Crippen molar-refractivity contribution in [1.82, 2.24) is 15.3 Å². The van der Waals surface area contributed by atoms with Crippen molar-refractivity contribution >= 4 is 11.6 Å². The average molecular weight is 214 g/mol. The van der Waals surface area contributed by atoms with Gasteiger partial charge in [-0.15, -0.1) is 0 Å². The molecule has 0 spiro atoms. The molecule has 1 atom stereocenters. The first-order chi connectivity index (χ1) is 6.84. The summed E-state index contributed by atoms with van der Waals surface area (Å²) in [7, 11) is 0. The predicted molar refractivity (Wildman–Crippen MR) is 53.6 cm³/mol. The molecule has 1 aromatic rings. The lowest BCUT2D eigenvalue weighted by Crippen LogP contribution is -2.37. The molecule has 0 amide bonds. The lowest BCUT2D eigenvalue weighted by molar-refractivity contribution is 0.153. The fourth-order valence-electron chi connectivity index (χ4n) is 1.45. The molecule has 0 aliphatic carbocycles. The van der Waals surface area contributed by atoms with E-state index in [4.69, 9.17) is 16.3 Å². The van der Waals surface area contributed by atoms with Crippen LogP contribution in [0.3, 0.4) is 0 Å². The van der Waals surface area contributed by atoms with Crippen LogP contribution in [0.4, 0.5) is 0 Å². The summed E-state index contributed by atoms with van der Waals surface area (Å²) in [6.45, 7) is 1.92. The SMILES string of the molecule is Clc1ccnc(O[C@@H]2CCCNC2)n1. The van der Waals surface area contributed by atoms with E-state index in [0.29, 0.717) is 11.2 Å². The number of rotatable bonds is 2. The summed E-state index contributed by atoms with van der Waals surface area (Å²) >= 11 is 5.72. The van der Waals surface area contributed by atoms with Crippen molar-refractivity contribution in [2.24, 2.45) is 0 Å². The first kappa shape index (κ1) is 9.68. The fraction of sp³-hybridized carbons (Fsp3) is 0.556. The number of aromatic nitrogens is 2. The monoisotopic (exact) mass is 213 g/mol. The second kappa shape index (κ2) is 4.57. The molecule has 5 heteroatoms. The van der Waals surface area contributed by atoms with Crippen molar-refractivity contribution < 1.29 is 4.74 Å². The van der Waals surface area contributed by atoms with Crippen LogP contribution in [0.25, 0.3) is 0 Å². The van der Waals surface area contributed by atoms with Gasteiger partial charge in [0.1, 0.15) is 11.3 Å². The Bertz CT molecular complexity index is 302. The third-order valence-corrected chi connectivity index (χ3v) is 2.33. The second-order valence-corrected chi connectivity index (χ2v) is 3.64. The second-order valence-electron chi connectivity index (χ2n) is 3.25. The van der Waals surface area contributed by atoms with Gasteiger partial charge in [-0.2, -0.15) is 4.98 Å². The van der Waals surface area contributed by atoms with Crippen molar-refractivity contribution in [3.63, 3.8) is 0 Å². The van der Waals surface area contributed by atoms with E-state index >= 15 is 0 Å². The molecule has 1 N–H and O–H groups in total. The molecular weight excluding hydrogens is 202 g/mol. The molecule has 1 saturated heterocycles. The van der Waals surface area contributed by atoms with E-state index in [-0.39, 0.29) is 6.10 Å². The van der Waals surface area contributed by atoms with Crippen molar-refractivity contribution in [3.8, 4) is 6.01 Å². The van der Waals surface area contributed by atoms with Gasteiger partial charge in [0.15, 0.2) is 0 Å². The predicted octanol–water partition coefficient (Wildman–Crippen LogP) is 1.26. The minimum Gasteiger partial charge on any atom is -0.459 e. The molecule has 76 valence electrons. The largest absolute Gasteiger partial charge is 0.459 e. The summed E-state index contributed by atoms with van der Waals surface area (Å²) in [6.07, 6.45) is 3.94. The van der Waals surface area contributed by atoms with Gasteiger partial charge in [0.05, 0.1) is 0 Å². The number of piperidine rings is 1. The maximum Gasteiger partial charge on any atom is 0.318 e. The Kier molecular flexibility index (Phi) is 3.16. The van der Waals surface area contributed by atoms with Crippen molar-refractivity contribution in [2.45, 2.75) is 18.9 Å². The molecule has 0 bridgehead atoms. The van der Waals surface area contributed by atoms with E-state index in [9.17, 15) is 0 Å².